The van der Waals surface area contributed by atoms with Gasteiger partial charge in [-0.1, -0.05) is 37.1 Å². The zero-order valence-corrected chi connectivity index (χ0v) is 19.4. The predicted molar refractivity (Wildman–Crippen MR) is 118 cm³/mol. The van der Waals surface area contributed by atoms with Gasteiger partial charge in [0, 0.05) is 13.1 Å². The molecule has 168 valence electrons. The van der Waals surface area contributed by atoms with Gasteiger partial charge in [0.15, 0.2) is 0 Å². The lowest BCUT2D eigenvalue weighted by Crippen LogP contribution is -2.48. The summed E-state index contributed by atoms with van der Waals surface area (Å²) in [5.41, 5.74) is 2.08. The Morgan fingerprint density at radius 2 is 1.77 bits per heavy atom. The van der Waals surface area contributed by atoms with Crippen LogP contribution in [0.2, 0.25) is 0 Å². The topological polar surface area (TPSA) is 87.7 Å². The molecule has 30 heavy (non-hydrogen) atoms. The van der Waals surface area contributed by atoms with Crippen LogP contribution in [-0.2, 0) is 14.3 Å². The molecule has 1 rings (SSSR count). The van der Waals surface area contributed by atoms with Gasteiger partial charge >= 0.3 is 6.09 Å². The Morgan fingerprint density at radius 3 is 2.33 bits per heavy atom. The number of ether oxygens (including phenoxy) is 1. The Balaban J connectivity index is 3.09. The van der Waals surface area contributed by atoms with E-state index in [0.717, 1.165) is 29.5 Å². The van der Waals surface area contributed by atoms with Gasteiger partial charge in [0.05, 0.1) is 0 Å². The summed E-state index contributed by atoms with van der Waals surface area (Å²) in [5.74, 6) is -0.565. The minimum atomic E-state index is -0.764. The maximum atomic E-state index is 13.1. The number of unbranched alkanes of at least 4 members (excludes halogenated alkanes) is 1. The molecule has 0 saturated carbocycles. The van der Waals surface area contributed by atoms with Crippen molar-refractivity contribution >= 4 is 17.9 Å². The van der Waals surface area contributed by atoms with Crippen molar-refractivity contribution in [3.63, 3.8) is 0 Å². The van der Waals surface area contributed by atoms with Gasteiger partial charge in [-0.3, -0.25) is 9.59 Å². The fourth-order valence-corrected chi connectivity index (χ4v) is 3.06. The van der Waals surface area contributed by atoms with Crippen molar-refractivity contribution in [3.8, 4) is 0 Å². The van der Waals surface area contributed by atoms with Gasteiger partial charge in [0.2, 0.25) is 11.8 Å². The summed E-state index contributed by atoms with van der Waals surface area (Å²) >= 11 is 0. The molecule has 0 aliphatic heterocycles. The van der Waals surface area contributed by atoms with Crippen LogP contribution in [0.15, 0.2) is 18.2 Å². The minimum Gasteiger partial charge on any atom is -0.444 e. The predicted octanol–water partition coefficient (Wildman–Crippen LogP) is 3.63. The lowest BCUT2D eigenvalue weighted by Gasteiger charge is -2.31. The Bertz CT molecular complexity index is 740. The third-order valence-electron chi connectivity index (χ3n) is 4.56. The second-order valence-corrected chi connectivity index (χ2v) is 8.44. The maximum absolute atomic E-state index is 13.1. The van der Waals surface area contributed by atoms with Crippen molar-refractivity contribution < 1.29 is 19.1 Å². The van der Waals surface area contributed by atoms with Crippen molar-refractivity contribution in [2.45, 2.75) is 73.0 Å². The number of nitrogens with one attached hydrogen (secondary N) is 2. The fraction of sp³-hybridized carbons (Fsp3) is 0.609. The third-order valence-corrected chi connectivity index (χ3v) is 4.56. The second-order valence-electron chi connectivity index (χ2n) is 8.44. The summed E-state index contributed by atoms with van der Waals surface area (Å²) in [6.45, 7) is 13.7. The van der Waals surface area contributed by atoms with Crippen LogP contribution in [0.1, 0.15) is 70.2 Å². The SMILES string of the molecule is CCCCNC(=O)C(c1cc(C)ccc1C)N(CC)C(=O)CNC(=O)OC(C)(C)C. The number of carbonyl (C=O) groups excluding carboxylic acids is 3. The standard InChI is InChI=1S/C23H37N3O4/c1-8-10-13-24-21(28)20(18-14-16(3)11-12-17(18)4)26(9-2)19(27)15-25-22(29)30-23(5,6)7/h11-12,14,20H,8-10,13,15H2,1-7H3,(H,24,28)(H,25,29). The average molecular weight is 420 g/mol. The number of hydrogen-bond donors (Lipinski definition) is 2. The highest BCUT2D eigenvalue weighted by Crippen LogP contribution is 2.26. The molecule has 0 saturated heterocycles. The molecule has 1 unspecified atom stereocenters. The van der Waals surface area contributed by atoms with Gasteiger partial charge in [-0.2, -0.15) is 0 Å². The number of carbonyl (C=O) groups is 3. The Kier molecular flexibility index (Phi) is 9.82. The number of hydrogen-bond acceptors (Lipinski definition) is 4. The Labute approximate surface area is 180 Å². The van der Waals surface area contributed by atoms with Crippen molar-refractivity contribution in [1.82, 2.24) is 15.5 Å². The molecule has 3 amide bonds. The first-order chi connectivity index (χ1) is 14.0. The summed E-state index contributed by atoms with van der Waals surface area (Å²) in [6, 6.07) is 5.11. The molecule has 0 bridgehead atoms. The molecule has 1 aromatic rings. The van der Waals surface area contributed by atoms with Crippen LogP contribution in [0.3, 0.4) is 0 Å². The van der Waals surface area contributed by atoms with Gasteiger partial charge in [-0.15, -0.1) is 0 Å². The normalized spacial score (nSPS) is 12.1. The highest BCUT2D eigenvalue weighted by molar-refractivity contribution is 5.90. The first-order valence-electron chi connectivity index (χ1n) is 10.6. The van der Waals surface area contributed by atoms with E-state index in [9.17, 15) is 14.4 Å². The maximum Gasteiger partial charge on any atom is 0.408 e. The van der Waals surface area contributed by atoms with Crippen LogP contribution >= 0.6 is 0 Å². The molecule has 1 aromatic carbocycles. The quantitative estimate of drug-likeness (QED) is 0.598. The molecular weight excluding hydrogens is 382 g/mol. The van der Waals surface area contributed by atoms with Gasteiger partial charge in [-0.05, 0) is 59.1 Å². The molecule has 0 heterocycles. The van der Waals surface area contributed by atoms with Gasteiger partial charge in [0.25, 0.3) is 0 Å². The summed E-state index contributed by atoms with van der Waals surface area (Å²) in [6.07, 6.45) is 1.17. The number of aryl methyl sites for hydroxylation is 2. The van der Waals surface area contributed by atoms with Crippen molar-refractivity contribution in [2.75, 3.05) is 19.6 Å². The minimum absolute atomic E-state index is 0.218. The van der Waals surface area contributed by atoms with E-state index in [-0.39, 0.29) is 18.4 Å². The smallest absolute Gasteiger partial charge is 0.408 e. The molecule has 1 atom stereocenters. The number of likely N-dealkylation sites (N-methyl/N-ethyl adjacent to an activating group) is 1. The van der Waals surface area contributed by atoms with E-state index in [1.54, 1.807) is 20.8 Å². The van der Waals surface area contributed by atoms with E-state index < -0.39 is 17.7 Å². The van der Waals surface area contributed by atoms with E-state index in [4.69, 9.17) is 4.74 Å². The molecule has 0 fully saturated rings. The van der Waals surface area contributed by atoms with Crippen molar-refractivity contribution in [1.29, 1.82) is 0 Å². The summed E-state index contributed by atoms with van der Waals surface area (Å²) in [7, 11) is 0. The third kappa shape index (κ3) is 8.05. The molecule has 0 radical (unpaired) electrons. The number of alkyl carbamates (subject to hydrolysis) is 1. The monoisotopic (exact) mass is 419 g/mol. The molecule has 7 heteroatoms. The number of amides is 3. The fourth-order valence-electron chi connectivity index (χ4n) is 3.06. The van der Waals surface area contributed by atoms with E-state index >= 15 is 0 Å². The zero-order chi connectivity index (χ0) is 22.9. The second kappa shape index (κ2) is 11.6. The number of rotatable bonds is 9. The lowest BCUT2D eigenvalue weighted by molar-refractivity contribution is -0.140. The van der Waals surface area contributed by atoms with Crippen molar-refractivity contribution in [2.24, 2.45) is 0 Å². The zero-order valence-electron chi connectivity index (χ0n) is 19.4. The van der Waals surface area contributed by atoms with E-state index in [1.807, 2.05) is 39.0 Å². The molecule has 0 aromatic heterocycles. The van der Waals surface area contributed by atoms with Crippen LogP contribution in [0.5, 0.6) is 0 Å². The first kappa shape index (κ1) is 25.5. The van der Waals surface area contributed by atoms with Crippen LogP contribution in [0.4, 0.5) is 4.79 Å². The Morgan fingerprint density at radius 1 is 1.10 bits per heavy atom. The van der Waals surface area contributed by atoms with E-state index in [2.05, 4.69) is 17.6 Å². The summed E-state index contributed by atoms with van der Waals surface area (Å²) in [4.78, 5) is 39.5. The first-order valence-corrected chi connectivity index (χ1v) is 10.6. The van der Waals surface area contributed by atoms with Crippen LogP contribution in [0.25, 0.3) is 0 Å². The van der Waals surface area contributed by atoms with E-state index in [0.29, 0.717) is 13.1 Å². The van der Waals surface area contributed by atoms with Crippen LogP contribution in [-0.4, -0.2) is 48.0 Å². The number of nitrogens with zero attached hydrogens (tertiary/aromatic N) is 1. The van der Waals surface area contributed by atoms with Crippen LogP contribution < -0.4 is 10.6 Å². The molecule has 0 aliphatic carbocycles. The summed E-state index contributed by atoms with van der Waals surface area (Å²) < 4.78 is 5.19. The molecule has 7 nitrogen and oxygen atoms in total. The summed E-state index contributed by atoms with van der Waals surface area (Å²) in [5, 5.41) is 5.44. The highest BCUT2D eigenvalue weighted by atomic mass is 16.6. The molecular formula is C23H37N3O4. The largest absolute Gasteiger partial charge is 0.444 e. The number of benzene rings is 1. The molecule has 0 aliphatic rings. The average Bonchev–Trinajstić information content (AvgIpc) is 2.65. The van der Waals surface area contributed by atoms with Crippen LogP contribution in [0, 0.1) is 13.8 Å². The lowest BCUT2D eigenvalue weighted by atomic mass is 9.96. The Hall–Kier alpha value is -2.57. The van der Waals surface area contributed by atoms with Crippen molar-refractivity contribution in [3.05, 3.63) is 34.9 Å². The van der Waals surface area contributed by atoms with Gasteiger partial charge in [-0.25, -0.2) is 4.79 Å². The van der Waals surface area contributed by atoms with E-state index in [1.165, 1.54) is 4.90 Å². The highest BCUT2D eigenvalue weighted by Gasteiger charge is 2.31. The molecule has 0 spiro atoms. The van der Waals surface area contributed by atoms with Gasteiger partial charge in [0.1, 0.15) is 18.2 Å². The molecule has 2 N–H and O–H groups in total. The van der Waals surface area contributed by atoms with Gasteiger partial charge < -0.3 is 20.3 Å².